The summed E-state index contributed by atoms with van der Waals surface area (Å²) in [5.74, 6) is 1.27. The molecule has 1 aliphatic rings. The summed E-state index contributed by atoms with van der Waals surface area (Å²) >= 11 is 12.1. The van der Waals surface area contributed by atoms with Crippen LogP contribution in [0.3, 0.4) is 0 Å². The van der Waals surface area contributed by atoms with E-state index in [-0.39, 0.29) is 11.7 Å². The van der Waals surface area contributed by atoms with Crippen molar-refractivity contribution in [1.82, 2.24) is 0 Å². The van der Waals surface area contributed by atoms with Crippen LogP contribution in [-0.2, 0) is 0 Å². The van der Waals surface area contributed by atoms with Gasteiger partial charge in [0.25, 0.3) is 5.91 Å². The first kappa shape index (κ1) is 19.9. The average molecular weight is 429 g/mol. The van der Waals surface area contributed by atoms with Gasteiger partial charge in [0.2, 0.25) is 0 Å². The van der Waals surface area contributed by atoms with Gasteiger partial charge in [0, 0.05) is 18.7 Å². The number of hydrogen-bond acceptors (Lipinski definition) is 3. The number of hydrogen-bond donors (Lipinski definition) is 1. The van der Waals surface area contributed by atoms with Crippen LogP contribution < -0.4 is 10.2 Å². The Hall–Kier alpha value is -2.43. The Balaban J connectivity index is 1.52. The highest BCUT2D eigenvalue weighted by molar-refractivity contribution is 6.42. The first-order valence-electron chi connectivity index (χ1n) is 9.72. The number of nitrogens with zero attached hydrogens (tertiary/aromatic N) is 1. The Morgan fingerprint density at radius 1 is 1.03 bits per heavy atom. The fraction of sp³-hybridized carbons (Fsp3) is 0.261. The minimum Gasteiger partial charge on any atom is -0.451 e. The van der Waals surface area contributed by atoms with Gasteiger partial charge < -0.3 is 14.6 Å². The highest BCUT2D eigenvalue weighted by Crippen LogP contribution is 2.32. The molecule has 1 aliphatic heterocycles. The third kappa shape index (κ3) is 4.44. The van der Waals surface area contributed by atoms with Crippen LogP contribution in [-0.4, -0.2) is 19.0 Å². The van der Waals surface area contributed by atoms with Gasteiger partial charge in [-0.3, -0.25) is 4.79 Å². The van der Waals surface area contributed by atoms with Gasteiger partial charge in [0.1, 0.15) is 5.76 Å². The summed E-state index contributed by atoms with van der Waals surface area (Å²) in [5, 5.41) is 3.92. The van der Waals surface area contributed by atoms with E-state index in [4.69, 9.17) is 27.6 Å². The van der Waals surface area contributed by atoms with Crippen LogP contribution in [0.15, 0.2) is 59.0 Å². The van der Waals surface area contributed by atoms with Gasteiger partial charge >= 0.3 is 0 Å². The lowest BCUT2D eigenvalue weighted by Crippen LogP contribution is -2.33. The number of halogens is 2. The lowest BCUT2D eigenvalue weighted by molar-refractivity contribution is 0.0997. The molecule has 0 radical (unpaired) electrons. The molecule has 0 atom stereocenters. The van der Waals surface area contributed by atoms with Crippen LogP contribution in [0, 0.1) is 5.92 Å². The largest absolute Gasteiger partial charge is 0.451 e. The Bertz CT molecular complexity index is 1020. The number of benzene rings is 2. The van der Waals surface area contributed by atoms with E-state index >= 15 is 0 Å². The second kappa shape index (κ2) is 8.52. The summed E-state index contributed by atoms with van der Waals surface area (Å²) < 4.78 is 5.77. The minimum atomic E-state index is -0.283. The zero-order valence-corrected chi connectivity index (χ0v) is 17.6. The van der Waals surface area contributed by atoms with Crippen LogP contribution in [0.2, 0.25) is 10.0 Å². The summed E-state index contributed by atoms with van der Waals surface area (Å²) in [7, 11) is 0. The zero-order chi connectivity index (χ0) is 20.4. The quantitative estimate of drug-likeness (QED) is 0.500. The van der Waals surface area contributed by atoms with Gasteiger partial charge in [-0.05, 0) is 61.2 Å². The molecule has 1 saturated heterocycles. The lowest BCUT2D eigenvalue weighted by Gasteiger charge is -2.33. The molecule has 4 rings (SSSR count). The molecular formula is C23H22Cl2N2O2. The van der Waals surface area contributed by atoms with Crippen molar-refractivity contribution in [2.45, 2.75) is 19.8 Å². The van der Waals surface area contributed by atoms with Crippen LogP contribution in [0.4, 0.5) is 11.4 Å². The molecule has 2 heterocycles. The van der Waals surface area contributed by atoms with Crippen molar-refractivity contribution in [3.63, 3.8) is 0 Å². The smallest absolute Gasteiger partial charge is 0.291 e. The van der Waals surface area contributed by atoms with Crippen molar-refractivity contribution >= 4 is 40.5 Å². The predicted molar refractivity (Wildman–Crippen MR) is 119 cm³/mol. The average Bonchev–Trinajstić information content (AvgIpc) is 3.22. The molecule has 0 bridgehead atoms. The fourth-order valence-electron chi connectivity index (χ4n) is 3.55. The van der Waals surface area contributed by atoms with Gasteiger partial charge in [-0.25, -0.2) is 0 Å². The van der Waals surface area contributed by atoms with Crippen LogP contribution in [0.25, 0.3) is 11.3 Å². The Kier molecular flexibility index (Phi) is 5.84. The van der Waals surface area contributed by atoms with E-state index in [9.17, 15) is 4.79 Å². The Morgan fingerprint density at radius 2 is 1.79 bits per heavy atom. The van der Waals surface area contributed by atoms with E-state index < -0.39 is 0 Å². The maximum Gasteiger partial charge on any atom is 0.291 e. The molecule has 1 amide bonds. The van der Waals surface area contributed by atoms with Crippen molar-refractivity contribution in [3.05, 3.63) is 70.4 Å². The summed E-state index contributed by atoms with van der Waals surface area (Å²) in [5.41, 5.74) is 2.60. The molecule has 1 fully saturated rings. The van der Waals surface area contributed by atoms with Gasteiger partial charge in [-0.15, -0.1) is 0 Å². The second-order valence-corrected chi connectivity index (χ2v) is 8.25. The molecule has 3 aromatic rings. The van der Waals surface area contributed by atoms with E-state index in [1.807, 2.05) is 18.2 Å². The lowest BCUT2D eigenvalue weighted by atomic mass is 9.98. The highest BCUT2D eigenvalue weighted by Gasteiger charge is 2.20. The van der Waals surface area contributed by atoms with Crippen molar-refractivity contribution in [2.24, 2.45) is 5.92 Å². The van der Waals surface area contributed by atoms with E-state index in [0.717, 1.165) is 48.8 Å². The Labute approximate surface area is 180 Å². The van der Waals surface area contributed by atoms with Gasteiger partial charge in [-0.1, -0.05) is 42.3 Å². The Morgan fingerprint density at radius 3 is 2.55 bits per heavy atom. The van der Waals surface area contributed by atoms with E-state index in [2.05, 4.69) is 23.2 Å². The first-order chi connectivity index (χ1) is 14.0. The number of rotatable bonds is 4. The van der Waals surface area contributed by atoms with E-state index in [1.54, 1.807) is 30.3 Å². The SMILES string of the molecule is CC1CCN(c2ccccc2NC(=O)c2ccc(-c3ccc(Cl)c(Cl)c3)o2)CC1. The number of anilines is 2. The first-order valence-corrected chi connectivity index (χ1v) is 10.5. The molecule has 29 heavy (non-hydrogen) atoms. The molecular weight excluding hydrogens is 407 g/mol. The van der Waals surface area contributed by atoms with Gasteiger partial charge in [0.15, 0.2) is 5.76 Å². The van der Waals surface area contributed by atoms with Gasteiger partial charge in [-0.2, -0.15) is 0 Å². The molecule has 2 aromatic carbocycles. The predicted octanol–water partition coefficient (Wildman–Crippen LogP) is 6.74. The molecule has 0 unspecified atom stereocenters. The third-order valence-electron chi connectivity index (χ3n) is 5.31. The third-order valence-corrected chi connectivity index (χ3v) is 6.05. The molecule has 0 spiro atoms. The highest BCUT2D eigenvalue weighted by atomic mass is 35.5. The standard InChI is InChI=1S/C23H22Cl2N2O2/c1-15-10-12-27(13-11-15)20-5-3-2-4-19(20)26-23(28)22-9-8-21(29-22)16-6-7-17(24)18(25)14-16/h2-9,14-15H,10-13H2,1H3,(H,26,28). The number of nitrogens with one attached hydrogen (secondary N) is 1. The van der Waals surface area contributed by atoms with Crippen LogP contribution in [0.5, 0.6) is 0 Å². The molecule has 1 aromatic heterocycles. The summed E-state index contributed by atoms with van der Waals surface area (Å²) in [6, 6.07) is 16.6. The van der Waals surface area contributed by atoms with E-state index in [1.165, 1.54) is 0 Å². The van der Waals surface area contributed by atoms with Crippen LogP contribution in [0.1, 0.15) is 30.3 Å². The molecule has 6 heteroatoms. The minimum absolute atomic E-state index is 0.244. The number of carbonyl (C=O) groups excluding carboxylic acids is 1. The van der Waals surface area contributed by atoms with Gasteiger partial charge in [0.05, 0.1) is 21.4 Å². The number of piperidine rings is 1. The summed E-state index contributed by atoms with van der Waals surface area (Å²) in [6.07, 6.45) is 2.32. The van der Waals surface area contributed by atoms with Crippen molar-refractivity contribution < 1.29 is 9.21 Å². The number of furan rings is 1. The van der Waals surface area contributed by atoms with Crippen molar-refractivity contribution in [2.75, 3.05) is 23.3 Å². The molecule has 4 nitrogen and oxygen atoms in total. The van der Waals surface area contributed by atoms with E-state index in [0.29, 0.717) is 15.8 Å². The monoisotopic (exact) mass is 428 g/mol. The number of carbonyl (C=O) groups is 1. The topological polar surface area (TPSA) is 45.5 Å². The van der Waals surface area contributed by atoms with Crippen molar-refractivity contribution in [1.29, 1.82) is 0 Å². The molecule has 0 saturated carbocycles. The van der Waals surface area contributed by atoms with Crippen LogP contribution >= 0.6 is 23.2 Å². The summed E-state index contributed by atoms with van der Waals surface area (Å²) in [6.45, 7) is 4.28. The second-order valence-electron chi connectivity index (χ2n) is 7.43. The molecule has 1 N–H and O–H groups in total. The number of amides is 1. The molecule has 0 aliphatic carbocycles. The maximum absolute atomic E-state index is 12.8. The van der Waals surface area contributed by atoms with Crippen molar-refractivity contribution in [3.8, 4) is 11.3 Å². The zero-order valence-electron chi connectivity index (χ0n) is 16.1. The normalized spacial score (nSPS) is 14.8. The maximum atomic E-state index is 12.8. The number of para-hydroxylation sites is 2. The molecule has 150 valence electrons. The summed E-state index contributed by atoms with van der Waals surface area (Å²) in [4.78, 5) is 15.1. The fourth-order valence-corrected chi connectivity index (χ4v) is 3.85.